The minimum Gasteiger partial charge on any atom is -0.355 e. The zero-order chi connectivity index (χ0) is 12.4. The highest BCUT2D eigenvalue weighted by molar-refractivity contribution is 5.84. The van der Waals surface area contributed by atoms with Gasteiger partial charge in [0.1, 0.15) is 12.4 Å². The zero-order valence-corrected chi connectivity index (χ0v) is 9.95. The number of nitrogens with zero attached hydrogens (tertiary/aromatic N) is 5. The Kier molecular flexibility index (Phi) is 2.90. The molecule has 0 aliphatic rings. The summed E-state index contributed by atoms with van der Waals surface area (Å²) in [6.07, 6.45) is 4.96. The SMILES string of the molecule is CC(Nc1nccn2cnnc12)C(=O)N(C)C. The zero-order valence-electron chi connectivity index (χ0n) is 9.95. The average molecular weight is 234 g/mol. The highest BCUT2D eigenvalue weighted by Gasteiger charge is 2.16. The van der Waals surface area contributed by atoms with E-state index in [4.69, 9.17) is 0 Å². The van der Waals surface area contributed by atoms with E-state index in [1.54, 1.807) is 44.1 Å². The quantitative estimate of drug-likeness (QED) is 0.809. The second kappa shape index (κ2) is 4.36. The van der Waals surface area contributed by atoms with E-state index in [1.807, 2.05) is 0 Å². The first kappa shape index (κ1) is 11.3. The lowest BCUT2D eigenvalue weighted by atomic mass is 10.3. The average Bonchev–Trinajstić information content (AvgIpc) is 2.76. The van der Waals surface area contributed by atoms with Crippen molar-refractivity contribution in [3.8, 4) is 0 Å². The van der Waals surface area contributed by atoms with E-state index in [2.05, 4.69) is 20.5 Å². The van der Waals surface area contributed by atoms with Gasteiger partial charge >= 0.3 is 0 Å². The number of rotatable bonds is 3. The Balaban J connectivity index is 2.24. The van der Waals surface area contributed by atoms with Crippen LogP contribution in [0.4, 0.5) is 5.82 Å². The van der Waals surface area contributed by atoms with Crippen LogP contribution in [0.5, 0.6) is 0 Å². The second-order valence-electron chi connectivity index (χ2n) is 3.94. The first-order valence-corrected chi connectivity index (χ1v) is 5.21. The Morgan fingerprint density at radius 3 is 3.00 bits per heavy atom. The molecule has 0 saturated heterocycles. The van der Waals surface area contributed by atoms with E-state index in [9.17, 15) is 4.79 Å². The van der Waals surface area contributed by atoms with Gasteiger partial charge in [-0.15, -0.1) is 10.2 Å². The molecule has 0 aliphatic carbocycles. The van der Waals surface area contributed by atoms with Crippen LogP contribution in [0.2, 0.25) is 0 Å². The van der Waals surface area contributed by atoms with Crippen LogP contribution in [0.1, 0.15) is 6.92 Å². The van der Waals surface area contributed by atoms with Gasteiger partial charge in [-0.3, -0.25) is 9.20 Å². The molecule has 0 fully saturated rings. The molecular weight excluding hydrogens is 220 g/mol. The molecule has 7 heteroatoms. The summed E-state index contributed by atoms with van der Waals surface area (Å²) >= 11 is 0. The summed E-state index contributed by atoms with van der Waals surface area (Å²) < 4.78 is 1.74. The van der Waals surface area contributed by atoms with Crippen LogP contribution in [-0.4, -0.2) is 50.5 Å². The van der Waals surface area contributed by atoms with Gasteiger partial charge in [0.25, 0.3) is 0 Å². The summed E-state index contributed by atoms with van der Waals surface area (Å²) in [6.45, 7) is 1.78. The number of nitrogens with one attached hydrogen (secondary N) is 1. The number of hydrogen-bond acceptors (Lipinski definition) is 5. The fourth-order valence-electron chi connectivity index (χ4n) is 1.51. The smallest absolute Gasteiger partial charge is 0.244 e. The summed E-state index contributed by atoms with van der Waals surface area (Å²) in [5, 5.41) is 10.8. The van der Waals surface area contributed by atoms with E-state index >= 15 is 0 Å². The van der Waals surface area contributed by atoms with Crippen LogP contribution >= 0.6 is 0 Å². The number of hydrogen-bond donors (Lipinski definition) is 1. The lowest BCUT2D eigenvalue weighted by Crippen LogP contribution is -2.36. The Hall–Kier alpha value is -2.18. The van der Waals surface area contributed by atoms with Gasteiger partial charge in [0.2, 0.25) is 11.6 Å². The standard InChI is InChI=1S/C10H14N6O/c1-7(10(17)15(2)3)13-8-9-14-12-6-16(9)5-4-11-8/h4-7H,1-3H3,(H,11,13). The molecule has 0 saturated carbocycles. The van der Waals surface area contributed by atoms with Gasteiger partial charge in [0.15, 0.2) is 5.82 Å². The number of aromatic nitrogens is 4. The monoisotopic (exact) mass is 234 g/mol. The van der Waals surface area contributed by atoms with Crippen molar-refractivity contribution < 1.29 is 4.79 Å². The molecule has 90 valence electrons. The molecule has 1 N–H and O–H groups in total. The lowest BCUT2D eigenvalue weighted by Gasteiger charge is -2.18. The normalized spacial score (nSPS) is 12.4. The molecule has 2 aromatic rings. The predicted molar refractivity (Wildman–Crippen MR) is 62.6 cm³/mol. The molecule has 2 aromatic heterocycles. The fourth-order valence-corrected chi connectivity index (χ4v) is 1.51. The number of carbonyl (C=O) groups excluding carboxylic acids is 1. The number of likely N-dealkylation sites (N-methyl/N-ethyl adjacent to an activating group) is 1. The molecule has 2 heterocycles. The maximum atomic E-state index is 11.7. The third kappa shape index (κ3) is 2.17. The maximum Gasteiger partial charge on any atom is 0.244 e. The summed E-state index contributed by atoms with van der Waals surface area (Å²) in [7, 11) is 3.43. The topological polar surface area (TPSA) is 75.4 Å². The summed E-state index contributed by atoms with van der Waals surface area (Å²) in [4.78, 5) is 17.4. The van der Waals surface area contributed by atoms with E-state index < -0.39 is 0 Å². The second-order valence-corrected chi connectivity index (χ2v) is 3.94. The van der Waals surface area contributed by atoms with E-state index in [0.717, 1.165) is 0 Å². The van der Waals surface area contributed by atoms with Crippen LogP contribution in [0, 0.1) is 0 Å². The summed E-state index contributed by atoms with van der Waals surface area (Å²) in [6, 6.07) is -0.361. The Morgan fingerprint density at radius 2 is 2.29 bits per heavy atom. The predicted octanol–water partition coefficient (Wildman–Crippen LogP) is 0.0129. The molecule has 1 atom stereocenters. The van der Waals surface area contributed by atoms with Crippen LogP contribution < -0.4 is 5.32 Å². The third-order valence-corrected chi connectivity index (χ3v) is 2.38. The van der Waals surface area contributed by atoms with E-state index in [0.29, 0.717) is 11.5 Å². The molecule has 0 aromatic carbocycles. The largest absolute Gasteiger partial charge is 0.355 e. The van der Waals surface area contributed by atoms with Crippen molar-refractivity contribution in [2.75, 3.05) is 19.4 Å². The molecular formula is C10H14N6O. The molecule has 7 nitrogen and oxygen atoms in total. The van der Waals surface area contributed by atoms with Gasteiger partial charge in [0.05, 0.1) is 0 Å². The van der Waals surface area contributed by atoms with Crippen LogP contribution in [0.25, 0.3) is 5.65 Å². The minimum atomic E-state index is -0.361. The number of fused-ring (bicyclic) bond motifs is 1. The van der Waals surface area contributed by atoms with E-state index in [-0.39, 0.29) is 11.9 Å². The van der Waals surface area contributed by atoms with Gasteiger partial charge < -0.3 is 10.2 Å². The first-order chi connectivity index (χ1) is 8.09. The van der Waals surface area contributed by atoms with Gasteiger partial charge in [0, 0.05) is 26.5 Å². The molecule has 0 bridgehead atoms. The number of amides is 1. The Morgan fingerprint density at radius 1 is 1.53 bits per heavy atom. The van der Waals surface area contributed by atoms with Gasteiger partial charge in [-0.25, -0.2) is 4.98 Å². The Labute approximate surface area is 98.5 Å². The summed E-state index contributed by atoms with van der Waals surface area (Å²) in [5.74, 6) is 0.529. The van der Waals surface area contributed by atoms with Crippen LogP contribution in [0.15, 0.2) is 18.7 Å². The van der Waals surface area contributed by atoms with Crippen LogP contribution in [0.3, 0.4) is 0 Å². The van der Waals surface area contributed by atoms with Crippen molar-refractivity contribution in [2.24, 2.45) is 0 Å². The molecule has 17 heavy (non-hydrogen) atoms. The molecule has 0 aliphatic heterocycles. The van der Waals surface area contributed by atoms with Crippen molar-refractivity contribution >= 4 is 17.4 Å². The van der Waals surface area contributed by atoms with Crippen molar-refractivity contribution in [3.05, 3.63) is 18.7 Å². The van der Waals surface area contributed by atoms with Crippen molar-refractivity contribution in [1.29, 1.82) is 0 Å². The Bertz CT molecular complexity index is 534. The van der Waals surface area contributed by atoms with Crippen LogP contribution in [-0.2, 0) is 4.79 Å². The number of anilines is 1. The molecule has 1 unspecified atom stereocenters. The number of carbonyl (C=O) groups is 1. The fraction of sp³-hybridized carbons (Fsp3) is 0.400. The van der Waals surface area contributed by atoms with Crippen molar-refractivity contribution in [2.45, 2.75) is 13.0 Å². The van der Waals surface area contributed by atoms with Crippen molar-refractivity contribution in [3.63, 3.8) is 0 Å². The lowest BCUT2D eigenvalue weighted by molar-refractivity contribution is -0.129. The van der Waals surface area contributed by atoms with Gasteiger partial charge in [-0.2, -0.15) is 0 Å². The molecule has 2 rings (SSSR count). The first-order valence-electron chi connectivity index (χ1n) is 5.21. The van der Waals surface area contributed by atoms with Crippen molar-refractivity contribution in [1.82, 2.24) is 24.5 Å². The highest BCUT2D eigenvalue weighted by Crippen LogP contribution is 2.11. The third-order valence-electron chi connectivity index (χ3n) is 2.38. The summed E-state index contributed by atoms with van der Waals surface area (Å²) in [5.41, 5.74) is 0.603. The maximum absolute atomic E-state index is 11.7. The van der Waals surface area contributed by atoms with E-state index in [1.165, 1.54) is 4.90 Å². The minimum absolute atomic E-state index is 0.0201. The molecule has 0 spiro atoms. The molecule has 0 radical (unpaired) electrons. The van der Waals surface area contributed by atoms with Gasteiger partial charge in [-0.1, -0.05) is 0 Å². The highest BCUT2D eigenvalue weighted by atomic mass is 16.2. The molecule has 1 amide bonds. The van der Waals surface area contributed by atoms with Gasteiger partial charge in [-0.05, 0) is 6.92 Å².